The number of ketones is 1. The Morgan fingerprint density at radius 2 is 2.23 bits per heavy atom. The zero-order chi connectivity index (χ0) is 9.42. The van der Waals surface area contributed by atoms with Crippen LogP contribution in [0.3, 0.4) is 0 Å². The zero-order valence-electron chi connectivity index (χ0n) is 7.59. The van der Waals surface area contributed by atoms with Crippen molar-refractivity contribution in [3.63, 3.8) is 0 Å². The van der Waals surface area contributed by atoms with Crippen molar-refractivity contribution in [3.8, 4) is 11.5 Å². The van der Waals surface area contributed by atoms with Crippen molar-refractivity contribution in [1.29, 1.82) is 0 Å². The van der Waals surface area contributed by atoms with Gasteiger partial charge in [-0.1, -0.05) is 6.07 Å². The zero-order valence-corrected chi connectivity index (χ0v) is 7.59. The van der Waals surface area contributed by atoms with Gasteiger partial charge in [0.15, 0.2) is 18.1 Å². The van der Waals surface area contributed by atoms with E-state index in [-0.39, 0.29) is 12.4 Å². The maximum Gasteiger partial charge on any atom is 0.204 e. The summed E-state index contributed by atoms with van der Waals surface area (Å²) in [5, 5.41) is 0. The van der Waals surface area contributed by atoms with Crippen LogP contribution in [-0.2, 0) is 0 Å². The third-order valence-electron chi connectivity index (χ3n) is 2.18. The molecule has 3 nitrogen and oxygen atoms in total. The van der Waals surface area contributed by atoms with Crippen molar-refractivity contribution in [2.24, 2.45) is 0 Å². The van der Waals surface area contributed by atoms with Crippen LogP contribution >= 0.6 is 0 Å². The van der Waals surface area contributed by atoms with Crippen LogP contribution in [0.4, 0.5) is 0 Å². The van der Waals surface area contributed by atoms with Crippen LogP contribution in [0, 0.1) is 6.92 Å². The average Bonchev–Trinajstić information content (AvgIpc) is 2.50. The lowest BCUT2D eigenvalue weighted by Gasteiger charge is -2.06. The molecule has 0 N–H and O–H groups in total. The fourth-order valence-corrected chi connectivity index (χ4v) is 1.52. The molecule has 0 saturated carbocycles. The van der Waals surface area contributed by atoms with Crippen molar-refractivity contribution in [2.45, 2.75) is 6.92 Å². The van der Waals surface area contributed by atoms with Gasteiger partial charge in [-0.2, -0.15) is 0 Å². The highest BCUT2D eigenvalue weighted by Gasteiger charge is 2.26. The number of ether oxygens (including phenoxy) is 2. The maximum absolute atomic E-state index is 11.4. The number of carbonyl (C=O) groups is 1. The number of carbonyl (C=O) groups excluding carboxylic acids is 1. The number of benzene rings is 1. The van der Waals surface area contributed by atoms with Gasteiger partial charge in [-0.25, -0.2) is 0 Å². The number of hydrogen-bond donors (Lipinski definition) is 0. The highest BCUT2D eigenvalue weighted by atomic mass is 16.5. The molecule has 0 spiro atoms. The van der Waals surface area contributed by atoms with Gasteiger partial charge in [-0.3, -0.25) is 4.79 Å². The van der Waals surface area contributed by atoms with E-state index >= 15 is 0 Å². The Kier molecular flexibility index (Phi) is 1.72. The van der Waals surface area contributed by atoms with Gasteiger partial charge in [-0.05, 0) is 18.6 Å². The van der Waals surface area contributed by atoms with Gasteiger partial charge >= 0.3 is 0 Å². The minimum atomic E-state index is 0.0337. The molecule has 0 amide bonds. The minimum absolute atomic E-state index is 0.0337. The van der Waals surface area contributed by atoms with Crippen LogP contribution in [0.5, 0.6) is 11.5 Å². The number of Topliss-reactive ketones (excluding diaryl/α,β-unsaturated/α-hetero) is 1. The highest BCUT2D eigenvalue weighted by Crippen LogP contribution is 2.37. The second-order valence-electron chi connectivity index (χ2n) is 3.00. The van der Waals surface area contributed by atoms with Crippen molar-refractivity contribution in [2.75, 3.05) is 13.7 Å². The van der Waals surface area contributed by atoms with Crippen LogP contribution < -0.4 is 9.47 Å². The van der Waals surface area contributed by atoms with E-state index in [9.17, 15) is 4.79 Å². The fraction of sp³-hybridized carbons (Fsp3) is 0.300. The van der Waals surface area contributed by atoms with E-state index in [0.717, 1.165) is 5.56 Å². The Morgan fingerprint density at radius 3 is 2.92 bits per heavy atom. The predicted molar refractivity (Wildman–Crippen MR) is 47.6 cm³/mol. The summed E-state index contributed by atoms with van der Waals surface area (Å²) in [6, 6.07) is 3.68. The lowest BCUT2D eigenvalue weighted by molar-refractivity contribution is 0.0960. The molecule has 0 aliphatic carbocycles. The number of aryl methyl sites for hydroxylation is 1. The number of fused-ring (bicyclic) bond motifs is 1. The van der Waals surface area contributed by atoms with Gasteiger partial charge in [0.1, 0.15) is 0 Å². The quantitative estimate of drug-likeness (QED) is 0.655. The molecule has 0 fully saturated rings. The Labute approximate surface area is 76.3 Å². The summed E-state index contributed by atoms with van der Waals surface area (Å²) in [7, 11) is 1.57. The largest absolute Gasteiger partial charge is 0.493 e. The maximum atomic E-state index is 11.4. The second kappa shape index (κ2) is 2.76. The molecule has 1 aliphatic rings. The molecule has 1 aromatic rings. The van der Waals surface area contributed by atoms with Gasteiger partial charge in [0.05, 0.1) is 12.7 Å². The van der Waals surface area contributed by atoms with Crippen LogP contribution in [0.2, 0.25) is 0 Å². The summed E-state index contributed by atoms with van der Waals surface area (Å²) in [5.41, 5.74) is 1.61. The Hall–Kier alpha value is -1.51. The molecule has 0 saturated heterocycles. The van der Waals surface area contributed by atoms with Gasteiger partial charge in [0.2, 0.25) is 5.78 Å². The second-order valence-corrected chi connectivity index (χ2v) is 3.00. The smallest absolute Gasteiger partial charge is 0.204 e. The third kappa shape index (κ3) is 1.08. The van der Waals surface area contributed by atoms with Crippen LogP contribution in [0.25, 0.3) is 0 Å². The van der Waals surface area contributed by atoms with Crippen molar-refractivity contribution in [1.82, 2.24) is 0 Å². The Morgan fingerprint density at radius 1 is 1.46 bits per heavy atom. The first-order valence-electron chi connectivity index (χ1n) is 4.07. The molecular weight excluding hydrogens is 168 g/mol. The molecule has 0 unspecified atom stereocenters. The van der Waals surface area contributed by atoms with Crippen LogP contribution in [0.15, 0.2) is 12.1 Å². The van der Waals surface area contributed by atoms with E-state index in [1.54, 1.807) is 7.11 Å². The molecule has 0 aromatic heterocycles. The SMILES string of the molecule is COc1ccc(C)c2c1OCC2=O. The number of rotatable bonds is 1. The van der Waals surface area contributed by atoms with Crippen LogP contribution in [0.1, 0.15) is 15.9 Å². The van der Waals surface area contributed by atoms with E-state index in [0.29, 0.717) is 17.1 Å². The summed E-state index contributed by atoms with van der Waals surface area (Å²) in [4.78, 5) is 11.4. The number of hydrogen-bond acceptors (Lipinski definition) is 3. The predicted octanol–water partition coefficient (Wildman–Crippen LogP) is 1.58. The van der Waals surface area contributed by atoms with Gasteiger partial charge in [-0.15, -0.1) is 0 Å². The molecule has 1 aromatic carbocycles. The summed E-state index contributed by atoms with van der Waals surface area (Å²) >= 11 is 0. The van der Waals surface area contributed by atoms with E-state index in [1.807, 2.05) is 19.1 Å². The van der Waals surface area contributed by atoms with Gasteiger partial charge in [0.25, 0.3) is 0 Å². The van der Waals surface area contributed by atoms with Gasteiger partial charge < -0.3 is 9.47 Å². The third-order valence-corrected chi connectivity index (χ3v) is 2.18. The molecular formula is C10H10O3. The number of methoxy groups -OCH3 is 1. The molecule has 68 valence electrons. The van der Waals surface area contributed by atoms with Crippen molar-refractivity contribution < 1.29 is 14.3 Å². The molecule has 1 aliphatic heterocycles. The first-order valence-corrected chi connectivity index (χ1v) is 4.07. The summed E-state index contributed by atoms with van der Waals surface area (Å²) in [5.74, 6) is 1.25. The summed E-state index contributed by atoms with van der Waals surface area (Å²) < 4.78 is 10.3. The topological polar surface area (TPSA) is 35.5 Å². The Balaban J connectivity index is 2.65. The van der Waals surface area contributed by atoms with Gasteiger partial charge in [0, 0.05) is 0 Å². The standard InChI is InChI=1S/C10H10O3/c1-6-3-4-8(12-2)10-9(6)7(11)5-13-10/h3-4H,5H2,1-2H3. The lowest BCUT2D eigenvalue weighted by atomic mass is 10.1. The summed E-state index contributed by atoms with van der Waals surface area (Å²) in [6.45, 7) is 2.03. The van der Waals surface area contributed by atoms with E-state index in [2.05, 4.69) is 0 Å². The first-order chi connectivity index (χ1) is 6.24. The molecule has 0 radical (unpaired) electrons. The molecule has 13 heavy (non-hydrogen) atoms. The molecule has 0 atom stereocenters. The Bertz CT molecular complexity index is 369. The van der Waals surface area contributed by atoms with Crippen LogP contribution in [-0.4, -0.2) is 19.5 Å². The van der Waals surface area contributed by atoms with E-state index in [1.165, 1.54) is 0 Å². The van der Waals surface area contributed by atoms with Crippen molar-refractivity contribution >= 4 is 5.78 Å². The van der Waals surface area contributed by atoms with Crippen molar-refractivity contribution in [3.05, 3.63) is 23.3 Å². The summed E-state index contributed by atoms with van der Waals surface area (Å²) in [6.07, 6.45) is 0. The molecule has 2 rings (SSSR count). The van der Waals surface area contributed by atoms with E-state index in [4.69, 9.17) is 9.47 Å². The minimum Gasteiger partial charge on any atom is -0.493 e. The average molecular weight is 178 g/mol. The highest BCUT2D eigenvalue weighted by molar-refractivity contribution is 6.04. The molecule has 1 heterocycles. The molecule has 0 bridgehead atoms. The lowest BCUT2D eigenvalue weighted by Crippen LogP contribution is -2.00. The normalized spacial score (nSPS) is 13.8. The first kappa shape index (κ1) is 8.10. The van der Waals surface area contributed by atoms with E-state index < -0.39 is 0 Å². The molecule has 3 heteroatoms. The monoisotopic (exact) mass is 178 g/mol. The fourth-order valence-electron chi connectivity index (χ4n) is 1.52.